The summed E-state index contributed by atoms with van der Waals surface area (Å²) in [6.45, 7) is 2.60. The molecule has 0 amide bonds. The minimum absolute atomic E-state index is 0.577. The Morgan fingerprint density at radius 3 is 2.35 bits per heavy atom. The topological polar surface area (TPSA) is 18.5 Å². The SMILES string of the molecule is COc1cc(C)cc(OCc2ccccc2)c1. The van der Waals surface area contributed by atoms with Crippen LogP contribution in [0.5, 0.6) is 11.5 Å². The summed E-state index contributed by atoms with van der Waals surface area (Å²) in [4.78, 5) is 0. The van der Waals surface area contributed by atoms with Crippen molar-refractivity contribution >= 4 is 0 Å². The van der Waals surface area contributed by atoms with E-state index in [1.165, 1.54) is 0 Å². The first kappa shape index (κ1) is 11.5. The molecule has 88 valence electrons. The Hall–Kier alpha value is -1.96. The lowest BCUT2D eigenvalue weighted by Crippen LogP contribution is -1.96. The standard InChI is InChI=1S/C15H16O2/c1-12-8-14(16-2)10-15(9-12)17-11-13-6-4-3-5-7-13/h3-10H,11H2,1-2H3. The van der Waals surface area contributed by atoms with Gasteiger partial charge >= 0.3 is 0 Å². The average molecular weight is 228 g/mol. The number of rotatable bonds is 4. The fourth-order valence-corrected chi connectivity index (χ4v) is 1.66. The second-order valence-electron chi connectivity index (χ2n) is 3.96. The molecule has 0 radical (unpaired) electrons. The van der Waals surface area contributed by atoms with Gasteiger partial charge in [0.15, 0.2) is 0 Å². The Morgan fingerprint density at radius 1 is 0.941 bits per heavy atom. The molecule has 0 aliphatic heterocycles. The van der Waals surface area contributed by atoms with Gasteiger partial charge in [0.1, 0.15) is 18.1 Å². The van der Waals surface area contributed by atoms with Gasteiger partial charge in [0, 0.05) is 6.07 Å². The van der Waals surface area contributed by atoms with Crippen molar-refractivity contribution in [3.8, 4) is 11.5 Å². The van der Waals surface area contributed by atoms with Crippen LogP contribution in [0.4, 0.5) is 0 Å². The molecule has 0 aliphatic rings. The highest BCUT2D eigenvalue weighted by molar-refractivity contribution is 5.37. The van der Waals surface area contributed by atoms with Crippen LogP contribution < -0.4 is 9.47 Å². The molecule has 0 N–H and O–H groups in total. The number of hydrogen-bond acceptors (Lipinski definition) is 2. The van der Waals surface area contributed by atoms with Gasteiger partial charge in [-0.1, -0.05) is 30.3 Å². The van der Waals surface area contributed by atoms with Gasteiger partial charge in [-0.05, 0) is 30.2 Å². The van der Waals surface area contributed by atoms with E-state index in [9.17, 15) is 0 Å². The lowest BCUT2D eigenvalue weighted by molar-refractivity contribution is 0.303. The normalized spacial score (nSPS) is 10.0. The summed E-state index contributed by atoms with van der Waals surface area (Å²) in [5.74, 6) is 1.67. The van der Waals surface area contributed by atoms with E-state index in [1.807, 2.05) is 55.5 Å². The minimum Gasteiger partial charge on any atom is -0.497 e. The second-order valence-corrected chi connectivity index (χ2v) is 3.96. The van der Waals surface area contributed by atoms with Crippen molar-refractivity contribution in [1.82, 2.24) is 0 Å². The number of benzene rings is 2. The summed E-state index contributed by atoms with van der Waals surface area (Å²) in [6, 6.07) is 16.0. The van der Waals surface area contributed by atoms with Gasteiger partial charge in [-0.15, -0.1) is 0 Å². The molecule has 2 aromatic carbocycles. The van der Waals surface area contributed by atoms with Crippen molar-refractivity contribution in [2.45, 2.75) is 13.5 Å². The third kappa shape index (κ3) is 3.25. The largest absolute Gasteiger partial charge is 0.497 e. The van der Waals surface area contributed by atoms with Crippen LogP contribution >= 0.6 is 0 Å². The summed E-state index contributed by atoms with van der Waals surface area (Å²) < 4.78 is 10.9. The highest BCUT2D eigenvalue weighted by atomic mass is 16.5. The zero-order chi connectivity index (χ0) is 12.1. The maximum absolute atomic E-state index is 5.74. The average Bonchev–Trinajstić information content (AvgIpc) is 2.37. The first-order chi connectivity index (χ1) is 8.28. The number of aryl methyl sites for hydroxylation is 1. The molecule has 0 aromatic heterocycles. The van der Waals surface area contributed by atoms with Crippen LogP contribution in [0.3, 0.4) is 0 Å². The third-order valence-corrected chi connectivity index (χ3v) is 2.51. The summed E-state index contributed by atoms with van der Waals surface area (Å²) in [6.07, 6.45) is 0. The Labute approximate surface area is 102 Å². The molecular weight excluding hydrogens is 212 g/mol. The Balaban J connectivity index is 2.06. The Bertz CT molecular complexity index is 478. The molecule has 0 atom stereocenters. The van der Waals surface area contributed by atoms with E-state index in [2.05, 4.69) is 0 Å². The number of methoxy groups -OCH3 is 1. The van der Waals surface area contributed by atoms with Crippen LogP contribution in [0, 0.1) is 6.92 Å². The predicted molar refractivity (Wildman–Crippen MR) is 68.5 cm³/mol. The van der Waals surface area contributed by atoms with Gasteiger partial charge in [-0.2, -0.15) is 0 Å². The molecule has 2 rings (SSSR count). The fourth-order valence-electron chi connectivity index (χ4n) is 1.66. The van der Waals surface area contributed by atoms with Gasteiger partial charge in [0.2, 0.25) is 0 Å². The van der Waals surface area contributed by atoms with E-state index in [1.54, 1.807) is 7.11 Å². The zero-order valence-electron chi connectivity index (χ0n) is 10.1. The minimum atomic E-state index is 0.577. The molecule has 2 aromatic rings. The maximum Gasteiger partial charge on any atom is 0.123 e. The molecule has 0 spiro atoms. The van der Waals surface area contributed by atoms with Crippen molar-refractivity contribution in [1.29, 1.82) is 0 Å². The summed E-state index contributed by atoms with van der Waals surface area (Å²) in [7, 11) is 1.66. The lowest BCUT2D eigenvalue weighted by Gasteiger charge is -2.09. The Kier molecular flexibility index (Phi) is 3.66. The van der Waals surface area contributed by atoms with Gasteiger partial charge in [-0.25, -0.2) is 0 Å². The molecule has 2 nitrogen and oxygen atoms in total. The number of hydrogen-bond donors (Lipinski definition) is 0. The van der Waals surface area contributed by atoms with Crippen LogP contribution in [0.1, 0.15) is 11.1 Å². The van der Waals surface area contributed by atoms with E-state index < -0.39 is 0 Å². The van der Waals surface area contributed by atoms with Crippen molar-refractivity contribution < 1.29 is 9.47 Å². The molecule has 0 aliphatic carbocycles. The van der Waals surface area contributed by atoms with Gasteiger partial charge in [-0.3, -0.25) is 0 Å². The van der Waals surface area contributed by atoms with Crippen LogP contribution in [0.2, 0.25) is 0 Å². The van der Waals surface area contributed by atoms with Gasteiger partial charge in [0.25, 0.3) is 0 Å². The van der Waals surface area contributed by atoms with E-state index in [4.69, 9.17) is 9.47 Å². The van der Waals surface area contributed by atoms with Crippen molar-refractivity contribution in [2.75, 3.05) is 7.11 Å². The van der Waals surface area contributed by atoms with Crippen molar-refractivity contribution in [3.63, 3.8) is 0 Å². The smallest absolute Gasteiger partial charge is 0.123 e. The van der Waals surface area contributed by atoms with Crippen LogP contribution in [-0.4, -0.2) is 7.11 Å². The van der Waals surface area contributed by atoms with E-state index >= 15 is 0 Å². The molecule has 0 bridgehead atoms. The zero-order valence-corrected chi connectivity index (χ0v) is 10.1. The highest BCUT2D eigenvalue weighted by Gasteiger charge is 2.00. The van der Waals surface area contributed by atoms with Crippen LogP contribution in [0.15, 0.2) is 48.5 Å². The molecular formula is C15H16O2. The fraction of sp³-hybridized carbons (Fsp3) is 0.200. The van der Waals surface area contributed by atoms with E-state index in [-0.39, 0.29) is 0 Å². The first-order valence-electron chi connectivity index (χ1n) is 5.60. The third-order valence-electron chi connectivity index (χ3n) is 2.51. The molecule has 0 unspecified atom stereocenters. The maximum atomic E-state index is 5.74. The highest BCUT2D eigenvalue weighted by Crippen LogP contribution is 2.22. The van der Waals surface area contributed by atoms with Gasteiger partial charge in [0.05, 0.1) is 7.11 Å². The molecule has 0 saturated carbocycles. The molecule has 2 heteroatoms. The number of ether oxygens (including phenoxy) is 2. The first-order valence-corrected chi connectivity index (χ1v) is 5.60. The monoisotopic (exact) mass is 228 g/mol. The summed E-state index contributed by atoms with van der Waals surface area (Å²) in [5, 5.41) is 0. The van der Waals surface area contributed by atoms with Crippen molar-refractivity contribution in [2.24, 2.45) is 0 Å². The molecule has 17 heavy (non-hydrogen) atoms. The van der Waals surface area contributed by atoms with Gasteiger partial charge < -0.3 is 9.47 Å². The predicted octanol–water partition coefficient (Wildman–Crippen LogP) is 3.58. The van der Waals surface area contributed by atoms with Crippen molar-refractivity contribution in [3.05, 3.63) is 59.7 Å². The molecule has 0 heterocycles. The summed E-state index contributed by atoms with van der Waals surface area (Å²) in [5.41, 5.74) is 2.29. The Morgan fingerprint density at radius 2 is 1.65 bits per heavy atom. The van der Waals surface area contributed by atoms with E-state index in [0.29, 0.717) is 6.61 Å². The molecule has 0 saturated heterocycles. The van der Waals surface area contributed by atoms with Crippen LogP contribution in [-0.2, 0) is 6.61 Å². The van der Waals surface area contributed by atoms with E-state index in [0.717, 1.165) is 22.6 Å². The second kappa shape index (κ2) is 5.39. The lowest BCUT2D eigenvalue weighted by atomic mass is 10.2. The van der Waals surface area contributed by atoms with Crippen LogP contribution in [0.25, 0.3) is 0 Å². The quantitative estimate of drug-likeness (QED) is 0.796. The summed E-state index contributed by atoms with van der Waals surface area (Å²) >= 11 is 0. The molecule has 0 fully saturated rings.